The van der Waals surface area contributed by atoms with Gasteiger partial charge in [-0.1, -0.05) is 31.4 Å². The summed E-state index contributed by atoms with van der Waals surface area (Å²) in [5.41, 5.74) is 6.64. The third-order valence-electron chi connectivity index (χ3n) is 5.21. The molecule has 9 heteroatoms. The Morgan fingerprint density at radius 3 is 2.74 bits per heavy atom. The molecule has 0 atom stereocenters. The first-order valence-corrected chi connectivity index (χ1v) is 10.4. The Morgan fingerprint density at radius 2 is 1.91 bits per heavy atom. The lowest BCUT2D eigenvalue weighted by molar-refractivity contribution is -0.114. The number of anilines is 1. The largest absolute Gasteiger partial charge is 0.335 e. The van der Waals surface area contributed by atoms with E-state index in [9.17, 15) is 4.79 Å². The number of pyridine rings is 3. The van der Waals surface area contributed by atoms with E-state index in [2.05, 4.69) is 48.6 Å². The van der Waals surface area contributed by atoms with Gasteiger partial charge in [-0.05, 0) is 17.7 Å². The second-order valence-corrected chi connectivity index (χ2v) is 7.63. The van der Waals surface area contributed by atoms with E-state index in [0.717, 1.165) is 38.7 Å². The molecule has 166 valence electrons. The number of rotatable bonds is 6. The summed E-state index contributed by atoms with van der Waals surface area (Å²) in [6.45, 7) is 9.27. The van der Waals surface area contributed by atoms with E-state index >= 15 is 0 Å². The van der Waals surface area contributed by atoms with Gasteiger partial charge < -0.3 is 10.3 Å². The average molecular weight is 448 g/mol. The van der Waals surface area contributed by atoms with Crippen LogP contribution >= 0.6 is 0 Å². The fourth-order valence-electron chi connectivity index (χ4n) is 3.67. The van der Waals surface area contributed by atoms with Crippen molar-refractivity contribution < 1.29 is 4.79 Å². The van der Waals surface area contributed by atoms with Crippen molar-refractivity contribution in [3.8, 4) is 22.6 Å². The molecular formula is C25H20N8O. The molecule has 0 aliphatic carbocycles. The topological polar surface area (TPSA) is 125 Å². The Balaban J connectivity index is 1.59. The molecule has 5 rings (SSSR count). The third kappa shape index (κ3) is 3.86. The molecule has 0 saturated heterocycles. The Bertz CT molecular complexity index is 1610. The highest BCUT2D eigenvalue weighted by Gasteiger charge is 2.16. The minimum Gasteiger partial charge on any atom is -0.335 e. The van der Waals surface area contributed by atoms with E-state index in [1.54, 1.807) is 37.1 Å². The molecule has 0 saturated carbocycles. The number of nitrogens with zero attached hydrogens (tertiary/aromatic N) is 5. The van der Waals surface area contributed by atoms with Gasteiger partial charge in [0, 0.05) is 42.2 Å². The molecule has 0 bridgehead atoms. The molecule has 9 nitrogen and oxygen atoms in total. The summed E-state index contributed by atoms with van der Waals surface area (Å²) >= 11 is 0. The molecule has 0 aromatic carbocycles. The van der Waals surface area contributed by atoms with Gasteiger partial charge in [-0.3, -0.25) is 19.9 Å². The fourth-order valence-corrected chi connectivity index (χ4v) is 3.67. The predicted octanol–water partition coefficient (Wildman–Crippen LogP) is 4.67. The maximum absolute atomic E-state index is 11.4. The van der Waals surface area contributed by atoms with Crippen LogP contribution in [0.4, 0.5) is 5.69 Å². The highest BCUT2D eigenvalue weighted by atomic mass is 16.1. The Labute approximate surface area is 194 Å². The quantitative estimate of drug-likeness (QED) is 0.324. The molecule has 0 aliphatic rings. The molecule has 0 fully saturated rings. The number of aromatic amines is 2. The van der Waals surface area contributed by atoms with E-state index in [1.165, 1.54) is 6.92 Å². The number of fused-ring (bicyclic) bond motifs is 2. The highest BCUT2D eigenvalue weighted by molar-refractivity contribution is 5.96. The molecule has 1 amide bonds. The van der Waals surface area contributed by atoms with Gasteiger partial charge in [0.2, 0.25) is 5.91 Å². The maximum Gasteiger partial charge on any atom is 0.221 e. The molecule has 0 radical (unpaired) electrons. The van der Waals surface area contributed by atoms with Gasteiger partial charge >= 0.3 is 0 Å². The molecule has 5 aromatic rings. The van der Waals surface area contributed by atoms with Crippen LogP contribution in [-0.2, 0) is 4.79 Å². The minimum absolute atomic E-state index is 0.161. The average Bonchev–Trinajstić information content (AvgIpc) is 3.45. The summed E-state index contributed by atoms with van der Waals surface area (Å²) < 4.78 is 0. The summed E-state index contributed by atoms with van der Waals surface area (Å²) in [4.78, 5) is 32.6. The summed E-state index contributed by atoms with van der Waals surface area (Å²) in [6, 6.07) is 3.81. The number of aromatic nitrogens is 7. The van der Waals surface area contributed by atoms with Crippen molar-refractivity contribution >= 4 is 39.2 Å². The number of hydrogen-bond donors (Lipinski definition) is 3. The molecule has 34 heavy (non-hydrogen) atoms. The minimum atomic E-state index is -0.161. The number of allylic oxidation sites excluding steroid dienone is 4. The molecule has 0 aliphatic heterocycles. The monoisotopic (exact) mass is 448 g/mol. The third-order valence-corrected chi connectivity index (χ3v) is 5.21. The normalized spacial score (nSPS) is 11.3. The summed E-state index contributed by atoms with van der Waals surface area (Å²) in [7, 11) is 0. The maximum atomic E-state index is 11.4. The molecule has 5 heterocycles. The number of amides is 1. The fraction of sp³-hybridized carbons (Fsp3) is 0.0400. The summed E-state index contributed by atoms with van der Waals surface area (Å²) in [6.07, 6.45) is 13.9. The number of carbonyl (C=O) groups is 1. The highest BCUT2D eigenvalue weighted by Crippen LogP contribution is 2.31. The second kappa shape index (κ2) is 8.55. The van der Waals surface area contributed by atoms with Crippen LogP contribution in [0.5, 0.6) is 0 Å². The van der Waals surface area contributed by atoms with Crippen LogP contribution in [0.3, 0.4) is 0 Å². The first kappa shape index (κ1) is 21.0. The van der Waals surface area contributed by atoms with E-state index in [0.29, 0.717) is 22.9 Å². The van der Waals surface area contributed by atoms with Crippen molar-refractivity contribution in [1.82, 2.24) is 35.1 Å². The van der Waals surface area contributed by atoms with Crippen LogP contribution in [0.2, 0.25) is 0 Å². The van der Waals surface area contributed by atoms with Crippen molar-refractivity contribution in [3.05, 3.63) is 80.1 Å². The molecular weight excluding hydrogens is 428 g/mol. The van der Waals surface area contributed by atoms with Gasteiger partial charge in [0.25, 0.3) is 0 Å². The Kier molecular flexibility index (Phi) is 5.27. The van der Waals surface area contributed by atoms with Gasteiger partial charge in [-0.25, -0.2) is 9.97 Å². The van der Waals surface area contributed by atoms with Crippen LogP contribution in [0, 0.1) is 0 Å². The Morgan fingerprint density at radius 1 is 1.09 bits per heavy atom. The predicted molar refractivity (Wildman–Crippen MR) is 133 cm³/mol. The Hall–Kier alpha value is -4.92. The molecule has 0 unspecified atom stereocenters. The lowest BCUT2D eigenvalue weighted by Gasteiger charge is -2.05. The van der Waals surface area contributed by atoms with Crippen molar-refractivity contribution in [3.63, 3.8) is 0 Å². The summed E-state index contributed by atoms with van der Waals surface area (Å²) in [5.74, 6) is 0.447. The van der Waals surface area contributed by atoms with Crippen molar-refractivity contribution in [2.75, 3.05) is 5.32 Å². The van der Waals surface area contributed by atoms with Gasteiger partial charge in [-0.15, -0.1) is 0 Å². The van der Waals surface area contributed by atoms with Gasteiger partial charge in [0.15, 0.2) is 11.5 Å². The van der Waals surface area contributed by atoms with Gasteiger partial charge in [0.1, 0.15) is 5.69 Å². The number of H-pyrrole nitrogens is 2. The van der Waals surface area contributed by atoms with E-state index in [4.69, 9.17) is 4.98 Å². The first-order chi connectivity index (χ1) is 16.5. The van der Waals surface area contributed by atoms with Crippen molar-refractivity contribution in [2.24, 2.45) is 0 Å². The van der Waals surface area contributed by atoms with Crippen LogP contribution < -0.4 is 5.32 Å². The van der Waals surface area contributed by atoms with E-state index in [1.807, 2.05) is 24.3 Å². The lowest BCUT2D eigenvalue weighted by Crippen LogP contribution is -2.05. The van der Waals surface area contributed by atoms with Crippen LogP contribution in [0.15, 0.2) is 74.5 Å². The molecule has 0 spiro atoms. The number of imidazole rings is 1. The first-order valence-electron chi connectivity index (χ1n) is 10.4. The number of nitrogens with one attached hydrogen (secondary N) is 3. The SMILES string of the molecule is C=C/C=C\C(=C)c1cncc2[nH]c(-c3[nH]nc4ncc(-c5cncc(NC(C)=O)c5)cc34)nc12. The van der Waals surface area contributed by atoms with Gasteiger partial charge in [0.05, 0.1) is 34.5 Å². The number of hydrogen-bond acceptors (Lipinski definition) is 6. The van der Waals surface area contributed by atoms with Gasteiger partial charge in [-0.2, -0.15) is 5.10 Å². The number of carbonyl (C=O) groups excluding carboxylic acids is 1. The van der Waals surface area contributed by atoms with Crippen LogP contribution in [0.1, 0.15) is 12.5 Å². The molecule has 5 aromatic heterocycles. The van der Waals surface area contributed by atoms with Crippen molar-refractivity contribution in [2.45, 2.75) is 6.92 Å². The standard InChI is InChI=1S/C25H20N8O/c1-4-5-6-14(2)20-12-27-13-21-22(20)31-25(30-21)23-19-8-17(10-28-24(19)33-32-23)16-7-18(11-26-9-16)29-15(3)34/h4-13H,1-2H2,3H3,(H,29,34)(H,30,31)(H,28,32,33)/b6-5-. The van der Waals surface area contributed by atoms with Crippen LogP contribution in [-0.4, -0.2) is 41.0 Å². The molecule has 3 N–H and O–H groups in total. The lowest BCUT2D eigenvalue weighted by atomic mass is 10.1. The van der Waals surface area contributed by atoms with E-state index < -0.39 is 0 Å². The zero-order chi connectivity index (χ0) is 23.7. The van der Waals surface area contributed by atoms with Crippen molar-refractivity contribution in [1.29, 1.82) is 0 Å². The summed E-state index contributed by atoms with van der Waals surface area (Å²) in [5, 5.41) is 10.9. The smallest absolute Gasteiger partial charge is 0.221 e. The second-order valence-electron chi connectivity index (χ2n) is 7.63. The van der Waals surface area contributed by atoms with Crippen LogP contribution in [0.25, 0.3) is 50.3 Å². The van der Waals surface area contributed by atoms with E-state index in [-0.39, 0.29) is 5.91 Å². The zero-order valence-corrected chi connectivity index (χ0v) is 18.3. The zero-order valence-electron chi connectivity index (χ0n) is 18.3.